The van der Waals surface area contributed by atoms with Gasteiger partial charge in [0, 0.05) is 43.5 Å². The predicted octanol–water partition coefficient (Wildman–Crippen LogP) is 2.70. The summed E-state index contributed by atoms with van der Waals surface area (Å²) in [6.45, 7) is 5.11. The number of amides is 1. The molecular formula is C21H25ClN6OS. The van der Waals surface area contributed by atoms with Crippen molar-refractivity contribution in [3.63, 3.8) is 0 Å². The van der Waals surface area contributed by atoms with E-state index in [0.29, 0.717) is 25.5 Å². The summed E-state index contributed by atoms with van der Waals surface area (Å²) < 4.78 is 0.749. The molecule has 0 radical (unpaired) electrons. The van der Waals surface area contributed by atoms with E-state index in [0.717, 1.165) is 52.1 Å². The molecule has 0 atom stereocenters. The number of benzene rings is 1. The first kappa shape index (κ1) is 21.0. The number of rotatable bonds is 6. The molecule has 9 heteroatoms. The fourth-order valence-electron chi connectivity index (χ4n) is 3.60. The maximum Gasteiger partial charge on any atom is 0.236 e. The molecule has 1 fully saturated rings. The number of nitrogen functional groups attached to an aromatic ring is 1. The summed E-state index contributed by atoms with van der Waals surface area (Å²) in [4.78, 5) is 29.0. The molecule has 0 aliphatic carbocycles. The number of hydrogen-bond donors (Lipinski definition) is 1. The Labute approximate surface area is 185 Å². The number of hydrogen-bond acceptors (Lipinski definition) is 7. The first-order chi connectivity index (χ1) is 14.5. The minimum absolute atomic E-state index is 0.124. The second-order valence-corrected chi connectivity index (χ2v) is 9.35. The van der Waals surface area contributed by atoms with Gasteiger partial charge >= 0.3 is 0 Å². The van der Waals surface area contributed by atoms with E-state index in [4.69, 9.17) is 17.3 Å². The van der Waals surface area contributed by atoms with Crippen molar-refractivity contribution in [3.8, 4) is 0 Å². The molecule has 1 aliphatic heterocycles. The lowest BCUT2D eigenvalue weighted by Gasteiger charge is -2.34. The Hall–Kier alpha value is -2.26. The summed E-state index contributed by atoms with van der Waals surface area (Å²) in [6.07, 6.45) is 0. The molecule has 7 nitrogen and oxygen atoms in total. The molecular weight excluding hydrogens is 420 g/mol. The highest BCUT2D eigenvalue weighted by Crippen LogP contribution is 2.22. The molecule has 0 bridgehead atoms. The Morgan fingerprint density at radius 2 is 1.87 bits per heavy atom. The molecule has 2 aromatic heterocycles. The van der Waals surface area contributed by atoms with Crippen molar-refractivity contribution >= 4 is 45.6 Å². The van der Waals surface area contributed by atoms with E-state index < -0.39 is 0 Å². The van der Waals surface area contributed by atoms with Crippen molar-refractivity contribution in [2.75, 3.05) is 45.5 Å². The van der Waals surface area contributed by atoms with Gasteiger partial charge in [0.2, 0.25) is 5.91 Å². The van der Waals surface area contributed by atoms with Crippen molar-refractivity contribution in [2.24, 2.45) is 0 Å². The Morgan fingerprint density at radius 3 is 2.60 bits per heavy atom. The van der Waals surface area contributed by atoms with E-state index in [9.17, 15) is 4.79 Å². The number of aromatic nitrogens is 2. The average Bonchev–Trinajstić information content (AvgIpc) is 3.14. The minimum Gasteiger partial charge on any atom is -0.383 e. The molecule has 1 amide bonds. The Kier molecular flexibility index (Phi) is 6.48. The Morgan fingerprint density at radius 1 is 1.13 bits per heavy atom. The molecule has 2 N–H and O–H groups in total. The minimum atomic E-state index is 0.124. The third kappa shape index (κ3) is 5.07. The zero-order valence-corrected chi connectivity index (χ0v) is 18.5. The van der Waals surface area contributed by atoms with Gasteiger partial charge in [-0.3, -0.25) is 14.6 Å². The van der Waals surface area contributed by atoms with Gasteiger partial charge in [-0.25, -0.2) is 9.97 Å². The third-order valence-corrected chi connectivity index (χ3v) is 6.53. The van der Waals surface area contributed by atoms with Crippen LogP contribution in [0.2, 0.25) is 4.34 Å². The van der Waals surface area contributed by atoms with Crippen LogP contribution >= 0.6 is 22.9 Å². The number of likely N-dealkylation sites (N-methyl/N-ethyl adjacent to an activating group) is 1. The van der Waals surface area contributed by atoms with Crippen molar-refractivity contribution in [1.29, 1.82) is 0 Å². The topological polar surface area (TPSA) is 78.6 Å². The second kappa shape index (κ2) is 9.26. The largest absolute Gasteiger partial charge is 0.383 e. The lowest BCUT2D eigenvalue weighted by molar-refractivity contribution is -0.132. The summed E-state index contributed by atoms with van der Waals surface area (Å²) in [7, 11) is 1.84. The number of piperazine rings is 1. The van der Waals surface area contributed by atoms with Crippen molar-refractivity contribution in [1.82, 2.24) is 24.7 Å². The van der Waals surface area contributed by atoms with E-state index in [1.54, 1.807) is 4.90 Å². The van der Waals surface area contributed by atoms with Crippen LogP contribution in [0, 0.1) is 0 Å². The normalized spacial score (nSPS) is 15.5. The number of anilines is 1. The van der Waals surface area contributed by atoms with Crippen LogP contribution in [-0.4, -0.2) is 70.3 Å². The zero-order chi connectivity index (χ0) is 21.1. The van der Waals surface area contributed by atoms with Gasteiger partial charge in [-0.1, -0.05) is 23.7 Å². The number of carbonyl (C=O) groups excluding carboxylic acids is 1. The fourth-order valence-corrected chi connectivity index (χ4v) is 4.74. The molecule has 0 unspecified atom stereocenters. The maximum atomic E-state index is 12.6. The van der Waals surface area contributed by atoms with Gasteiger partial charge in [-0.05, 0) is 24.3 Å². The SMILES string of the molecule is CN(Cc1ccc(Cl)s1)C(=O)CN1CCN(Cc2nc(N)c3ccccc3n2)CC1. The van der Waals surface area contributed by atoms with Crippen LogP contribution in [-0.2, 0) is 17.9 Å². The highest BCUT2D eigenvalue weighted by molar-refractivity contribution is 7.16. The van der Waals surface area contributed by atoms with Crippen LogP contribution in [0.1, 0.15) is 10.7 Å². The highest BCUT2D eigenvalue weighted by Gasteiger charge is 2.21. The van der Waals surface area contributed by atoms with E-state index in [-0.39, 0.29) is 5.91 Å². The molecule has 1 saturated heterocycles. The molecule has 0 saturated carbocycles. The Bertz CT molecular complexity index is 1030. The molecule has 158 valence electrons. The quantitative estimate of drug-likeness (QED) is 0.629. The smallest absolute Gasteiger partial charge is 0.236 e. The van der Waals surface area contributed by atoms with Gasteiger partial charge in [0.25, 0.3) is 0 Å². The van der Waals surface area contributed by atoms with Gasteiger partial charge in [-0.15, -0.1) is 11.3 Å². The summed E-state index contributed by atoms with van der Waals surface area (Å²) in [5, 5.41) is 0.888. The fraction of sp³-hybridized carbons (Fsp3) is 0.381. The molecule has 3 heterocycles. The van der Waals surface area contributed by atoms with E-state index in [1.165, 1.54) is 11.3 Å². The third-order valence-electron chi connectivity index (χ3n) is 5.32. The Balaban J connectivity index is 1.27. The number of nitrogens with zero attached hydrogens (tertiary/aromatic N) is 5. The van der Waals surface area contributed by atoms with E-state index >= 15 is 0 Å². The van der Waals surface area contributed by atoms with Crippen LogP contribution < -0.4 is 5.73 Å². The lowest BCUT2D eigenvalue weighted by Crippen LogP contribution is -2.49. The zero-order valence-electron chi connectivity index (χ0n) is 16.9. The second-order valence-electron chi connectivity index (χ2n) is 7.55. The summed E-state index contributed by atoms with van der Waals surface area (Å²) in [5.41, 5.74) is 6.97. The van der Waals surface area contributed by atoms with Gasteiger partial charge in [-0.2, -0.15) is 0 Å². The van der Waals surface area contributed by atoms with Gasteiger partial charge in [0.15, 0.2) is 0 Å². The van der Waals surface area contributed by atoms with Crippen molar-refractivity contribution < 1.29 is 4.79 Å². The number of carbonyl (C=O) groups is 1. The molecule has 0 spiro atoms. The van der Waals surface area contributed by atoms with Gasteiger partial charge < -0.3 is 10.6 Å². The standard InChI is InChI=1S/C21H25ClN6OS/c1-26(12-15-6-7-18(22)30-15)20(29)14-28-10-8-27(9-11-28)13-19-24-17-5-3-2-4-16(17)21(23)25-19/h2-7H,8-14H2,1H3,(H2,23,24,25). The first-order valence-corrected chi connectivity index (χ1v) is 11.1. The molecule has 1 aliphatic rings. The number of para-hydroxylation sites is 1. The number of halogens is 1. The van der Waals surface area contributed by atoms with Gasteiger partial charge in [0.05, 0.1) is 29.5 Å². The van der Waals surface area contributed by atoms with Gasteiger partial charge in [0.1, 0.15) is 11.6 Å². The van der Waals surface area contributed by atoms with Crippen molar-refractivity contribution in [2.45, 2.75) is 13.1 Å². The number of fused-ring (bicyclic) bond motifs is 1. The van der Waals surface area contributed by atoms with Crippen LogP contribution in [0.4, 0.5) is 5.82 Å². The predicted molar refractivity (Wildman–Crippen MR) is 121 cm³/mol. The lowest BCUT2D eigenvalue weighted by atomic mass is 10.2. The van der Waals surface area contributed by atoms with Crippen LogP contribution in [0.25, 0.3) is 10.9 Å². The van der Waals surface area contributed by atoms with Crippen LogP contribution in [0.3, 0.4) is 0 Å². The highest BCUT2D eigenvalue weighted by atomic mass is 35.5. The molecule has 4 rings (SSSR count). The van der Waals surface area contributed by atoms with Crippen LogP contribution in [0.5, 0.6) is 0 Å². The van der Waals surface area contributed by atoms with Crippen molar-refractivity contribution in [3.05, 3.63) is 51.4 Å². The number of nitrogens with two attached hydrogens (primary N) is 1. The summed E-state index contributed by atoms with van der Waals surface area (Å²) >= 11 is 7.49. The van der Waals surface area contributed by atoms with E-state index in [1.807, 2.05) is 43.4 Å². The maximum absolute atomic E-state index is 12.6. The molecule has 3 aromatic rings. The molecule has 1 aromatic carbocycles. The van der Waals surface area contributed by atoms with Crippen LogP contribution in [0.15, 0.2) is 36.4 Å². The summed E-state index contributed by atoms with van der Waals surface area (Å²) in [6, 6.07) is 11.6. The summed E-state index contributed by atoms with van der Waals surface area (Å²) in [5.74, 6) is 1.39. The van der Waals surface area contributed by atoms with E-state index in [2.05, 4.69) is 19.8 Å². The number of thiophene rings is 1. The first-order valence-electron chi connectivity index (χ1n) is 9.92. The molecule has 30 heavy (non-hydrogen) atoms. The monoisotopic (exact) mass is 444 g/mol. The average molecular weight is 445 g/mol.